The van der Waals surface area contributed by atoms with Crippen LogP contribution in [0.1, 0.15) is 20.8 Å². The van der Waals surface area contributed by atoms with Crippen LogP contribution in [0.3, 0.4) is 0 Å². The van der Waals surface area contributed by atoms with Crippen LogP contribution in [0.4, 0.5) is 0 Å². The topological polar surface area (TPSA) is 37.4 Å². The molecule has 0 atom stereocenters. The maximum atomic E-state index is 11.3. The molecular formula is C10H19NO2S. The van der Waals surface area contributed by atoms with Gasteiger partial charge in [0.05, 0.1) is 11.5 Å². The van der Waals surface area contributed by atoms with E-state index in [4.69, 9.17) is 0 Å². The molecule has 0 N–H and O–H groups in total. The fraction of sp³-hybridized carbons (Fsp3) is 0.800. The van der Waals surface area contributed by atoms with Gasteiger partial charge in [0.25, 0.3) is 0 Å². The summed E-state index contributed by atoms with van der Waals surface area (Å²) in [4.78, 5) is 2.08. The SMILES string of the molecule is C=C1CS(=O)(=O)CCN1CC(C)(C)C. The van der Waals surface area contributed by atoms with Crippen LogP contribution in [-0.4, -0.2) is 37.9 Å². The molecule has 0 aromatic heterocycles. The summed E-state index contributed by atoms with van der Waals surface area (Å²) in [5.41, 5.74) is 0.926. The molecule has 0 saturated carbocycles. The van der Waals surface area contributed by atoms with Gasteiger partial charge in [-0.2, -0.15) is 0 Å². The maximum Gasteiger partial charge on any atom is 0.157 e. The van der Waals surface area contributed by atoms with Gasteiger partial charge in [-0.3, -0.25) is 0 Å². The van der Waals surface area contributed by atoms with Gasteiger partial charge >= 0.3 is 0 Å². The van der Waals surface area contributed by atoms with Crippen molar-refractivity contribution in [3.63, 3.8) is 0 Å². The van der Waals surface area contributed by atoms with Crippen molar-refractivity contribution in [1.29, 1.82) is 0 Å². The second kappa shape index (κ2) is 3.57. The van der Waals surface area contributed by atoms with E-state index in [1.807, 2.05) is 0 Å². The van der Waals surface area contributed by atoms with Gasteiger partial charge in [-0.25, -0.2) is 8.42 Å². The first kappa shape index (κ1) is 11.6. The molecule has 0 aliphatic carbocycles. The lowest BCUT2D eigenvalue weighted by atomic mass is 9.96. The van der Waals surface area contributed by atoms with Crippen molar-refractivity contribution in [2.75, 3.05) is 24.6 Å². The molecule has 1 saturated heterocycles. The van der Waals surface area contributed by atoms with E-state index >= 15 is 0 Å². The second-order valence-corrected chi connectivity index (χ2v) is 7.32. The largest absolute Gasteiger partial charge is 0.373 e. The highest BCUT2D eigenvalue weighted by Gasteiger charge is 2.26. The Morgan fingerprint density at radius 2 is 2.00 bits per heavy atom. The Bertz CT molecular complexity index is 325. The molecule has 1 aliphatic heterocycles. The summed E-state index contributed by atoms with van der Waals surface area (Å²) < 4.78 is 22.6. The van der Waals surface area contributed by atoms with Crippen LogP contribution in [-0.2, 0) is 9.84 Å². The Labute approximate surface area is 86.7 Å². The molecule has 1 fully saturated rings. The first-order chi connectivity index (χ1) is 6.20. The molecular weight excluding hydrogens is 198 g/mol. The molecule has 4 heteroatoms. The number of sulfone groups is 1. The minimum atomic E-state index is -2.86. The predicted octanol–water partition coefficient (Wildman–Crippen LogP) is 1.28. The minimum Gasteiger partial charge on any atom is -0.373 e. The molecule has 0 aromatic rings. The lowest BCUT2D eigenvalue weighted by Gasteiger charge is -2.35. The average molecular weight is 217 g/mol. The third-order valence-electron chi connectivity index (χ3n) is 2.17. The van der Waals surface area contributed by atoms with E-state index in [2.05, 4.69) is 32.3 Å². The third-order valence-corrected chi connectivity index (χ3v) is 3.75. The lowest BCUT2D eigenvalue weighted by molar-refractivity contribution is 0.240. The molecule has 1 rings (SSSR count). The standard InChI is InChI=1S/C10H19NO2S/c1-9-7-14(12,13)6-5-11(9)8-10(2,3)4/h1,5-8H2,2-4H3. The van der Waals surface area contributed by atoms with Crippen LogP contribution < -0.4 is 0 Å². The van der Waals surface area contributed by atoms with Gasteiger partial charge in [-0.1, -0.05) is 27.4 Å². The Balaban J connectivity index is 2.64. The predicted molar refractivity (Wildman–Crippen MR) is 58.8 cm³/mol. The monoisotopic (exact) mass is 217 g/mol. The zero-order valence-corrected chi connectivity index (χ0v) is 10.0. The highest BCUT2D eigenvalue weighted by atomic mass is 32.2. The minimum absolute atomic E-state index is 0.128. The number of hydrogen-bond donors (Lipinski definition) is 0. The summed E-state index contributed by atoms with van der Waals surface area (Å²) in [6, 6.07) is 0. The summed E-state index contributed by atoms with van der Waals surface area (Å²) in [7, 11) is -2.86. The van der Waals surface area contributed by atoms with Crippen molar-refractivity contribution in [1.82, 2.24) is 4.90 Å². The third kappa shape index (κ3) is 3.33. The highest BCUT2D eigenvalue weighted by molar-refractivity contribution is 7.91. The summed E-state index contributed by atoms with van der Waals surface area (Å²) in [6.07, 6.45) is 0. The van der Waals surface area contributed by atoms with Crippen LogP contribution in [0, 0.1) is 5.41 Å². The van der Waals surface area contributed by atoms with Gasteiger partial charge in [-0.05, 0) is 5.41 Å². The van der Waals surface area contributed by atoms with E-state index in [9.17, 15) is 8.42 Å². The van der Waals surface area contributed by atoms with Gasteiger partial charge in [0.2, 0.25) is 0 Å². The van der Waals surface area contributed by atoms with Gasteiger partial charge in [0, 0.05) is 18.8 Å². The Kier molecular flexibility index (Phi) is 2.95. The smallest absolute Gasteiger partial charge is 0.157 e. The molecule has 1 heterocycles. The molecule has 0 aromatic carbocycles. The number of hydrogen-bond acceptors (Lipinski definition) is 3. The number of rotatable bonds is 1. The fourth-order valence-electron chi connectivity index (χ4n) is 1.59. The van der Waals surface area contributed by atoms with Crippen LogP contribution in [0.25, 0.3) is 0 Å². The molecule has 1 aliphatic rings. The normalized spacial score (nSPS) is 22.5. The van der Waals surface area contributed by atoms with E-state index < -0.39 is 9.84 Å². The van der Waals surface area contributed by atoms with Crippen molar-refractivity contribution in [3.05, 3.63) is 12.3 Å². The van der Waals surface area contributed by atoms with E-state index in [-0.39, 0.29) is 16.9 Å². The summed E-state index contributed by atoms with van der Waals surface area (Å²) in [5.74, 6) is 0.394. The molecule has 0 amide bonds. The van der Waals surface area contributed by atoms with E-state index in [1.165, 1.54) is 0 Å². The molecule has 3 nitrogen and oxygen atoms in total. The summed E-state index contributed by atoms with van der Waals surface area (Å²) >= 11 is 0. The van der Waals surface area contributed by atoms with Gasteiger partial charge < -0.3 is 4.90 Å². The molecule has 0 spiro atoms. The van der Waals surface area contributed by atoms with E-state index in [0.717, 1.165) is 12.2 Å². The van der Waals surface area contributed by atoms with Crippen molar-refractivity contribution < 1.29 is 8.42 Å². The van der Waals surface area contributed by atoms with Gasteiger partial charge in [0.1, 0.15) is 0 Å². The Morgan fingerprint density at radius 3 is 2.43 bits per heavy atom. The van der Waals surface area contributed by atoms with E-state index in [1.54, 1.807) is 0 Å². The van der Waals surface area contributed by atoms with Gasteiger partial charge in [0.15, 0.2) is 9.84 Å². The maximum absolute atomic E-state index is 11.3. The zero-order chi connectivity index (χ0) is 11.0. The second-order valence-electron chi connectivity index (χ2n) is 5.14. The molecule has 14 heavy (non-hydrogen) atoms. The van der Waals surface area contributed by atoms with Crippen LogP contribution in [0.5, 0.6) is 0 Å². The Hall–Kier alpha value is -0.510. The van der Waals surface area contributed by atoms with E-state index in [0.29, 0.717) is 6.54 Å². The van der Waals surface area contributed by atoms with Crippen molar-refractivity contribution >= 4 is 9.84 Å². The van der Waals surface area contributed by atoms with Crippen LogP contribution in [0.15, 0.2) is 12.3 Å². The first-order valence-corrected chi connectivity index (χ1v) is 6.65. The highest BCUT2D eigenvalue weighted by Crippen LogP contribution is 2.21. The molecule has 0 unspecified atom stereocenters. The van der Waals surface area contributed by atoms with Gasteiger partial charge in [-0.15, -0.1) is 0 Å². The quantitative estimate of drug-likeness (QED) is 0.664. The first-order valence-electron chi connectivity index (χ1n) is 4.83. The summed E-state index contributed by atoms with van der Waals surface area (Å²) in [5, 5.41) is 0. The number of nitrogens with zero attached hydrogens (tertiary/aromatic N) is 1. The Morgan fingerprint density at radius 1 is 1.43 bits per heavy atom. The molecule has 82 valence electrons. The zero-order valence-electron chi connectivity index (χ0n) is 9.21. The van der Waals surface area contributed by atoms with Crippen molar-refractivity contribution in [2.24, 2.45) is 5.41 Å². The van der Waals surface area contributed by atoms with Crippen LogP contribution >= 0.6 is 0 Å². The summed E-state index contributed by atoms with van der Waals surface area (Å²) in [6.45, 7) is 11.7. The fourth-order valence-corrected chi connectivity index (χ4v) is 2.92. The lowest BCUT2D eigenvalue weighted by Crippen LogP contribution is -2.41. The van der Waals surface area contributed by atoms with Crippen molar-refractivity contribution in [2.45, 2.75) is 20.8 Å². The molecule has 0 bridgehead atoms. The van der Waals surface area contributed by atoms with Crippen LogP contribution in [0.2, 0.25) is 0 Å². The average Bonchev–Trinajstić information content (AvgIpc) is 1.92. The van der Waals surface area contributed by atoms with Crippen molar-refractivity contribution in [3.8, 4) is 0 Å². The molecule has 0 radical (unpaired) electrons.